The number of carbonyl (C=O) groups is 1. The fourth-order valence-corrected chi connectivity index (χ4v) is 7.19. The molecule has 7 nitrogen and oxygen atoms in total. The minimum absolute atomic E-state index is 0.344. The van der Waals surface area contributed by atoms with Gasteiger partial charge in [-0.2, -0.15) is 0 Å². The summed E-state index contributed by atoms with van der Waals surface area (Å²) in [6.07, 6.45) is 7.84. The molecule has 5 heterocycles. The Morgan fingerprint density at radius 3 is 1.13 bits per heavy atom. The van der Waals surface area contributed by atoms with Crippen molar-refractivity contribution in [2.75, 3.05) is 12.8 Å². The van der Waals surface area contributed by atoms with E-state index in [0.717, 1.165) is 66.6 Å². The summed E-state index contributed by atoms with van der Waals surface area (Å²) >= 11 is 0. The van der Waals surface area contributed by atoms with E-state index < -0.39 is 5.97 Å². The molecule has 0 aliphatic carbocycles. The minimum Gasteiger partial charge on any atom is -0.465 e. The Labute approximate surface area is 314 Å². The lowest BCUT2D eigenvalue weighted by Gasteiger charge is -2.07. The van der Waals surface area contributed by atoms with Crippen molar-refractivity contribution in [1.29, 1.82) is 0 Å². The standard InChI is InChI=1S/C46H31F2N5O2/c1-55-46(54)30-4-2-26(3-5-30)42-34-18-20-36(50-34)43(27-6-12-31(47)13-7-27)38-22-24-40(52-38)45(29-10-16-33(49)17-11-29)41-25-23-39(53-41)44(37-21-19-35(42)51-37)28-8-14-32(48)15-9-28/h2-25,50,53H,49H2,1H3. The zero-order valence-corrected chi connectivity index (χ0v) is 29.4. The fourth-order valence-electron chi connectivity index (χ4n) is 7.19. The maximum absolute atomic E-state index is 14.3. The van der Waals surface area contributed by atoms with Gasteiger partial charge in [0.2, 0.25) is 0 Å². The van der Waals surface area contributed by atoms with Gasteiger partial charge in [-0.1, -0.05) is 48.5 Å². The lowest BCUT2D eigenvalue weighted by Crippen LogP contribution is -2.00. The molecule has 55 heavy (non-hydrogen) atoms. The van der Waals surface area contributed by atoms with E-state index in [1.54, 1.807) is 36.4 Å². The highest BCUT2D eigenvalue weighted by Gasteiger charge is 2.19. The molecule has 7 aromatic rings. The maximum Gasteiger partial charge on any atom is 0.337 e. The average Bonchev–Trinajstić information content (AvgIpc) is 4.05. The number of aromatic nitrogens is 4. The van der Waals surface area contributed by atoms with Crippen molar-refractivity contribution in [3.63, 3.8) is 0 Å². The van der Waals surface area contributed by atoms with Crippen molar-refractivity contribution in [1.82, 2.24) is 19.9 Å². The Morgan fingerprint density at radius 1 is 0.491 bits per heavy atom. The van der Waals surface area contributed by atoms with E-state index in [-0.39, 0.29) is 11.6 Å². The number of ether oxygens (including phenoxy) is 1. The maximum atomic E-state index is 14.3. The van der Waals surface area contributed by atoms with E-state index in [0.29, 0.717) is 34.0 Å². The zero-order valence-electron chi connectivity index (χ0n) is 29.4. The largest absolute Gasteiger partial charge is 0.465 e. The molecule has 0 saturated heterocycles. The Balaban J connectivity index is 1.44. The summed E-state index contributed by atoms with van der Waals surface area (Å²) in [5, 5.41) is 0. The number of nitrogens with one attached hydrogen (secondary N) is 2. The summed E-state index contributed by atoms with van der Waals surface area (Å²) in [5.41, 5.74) is 19.4. The van der Waals surface area contributed by atoms with Gasteiger partial charge in [0.1, 0.15) is 11.6 Å². The number of nitrogen functional groups attached to an aromatic ring is 1. The summed E-state index contributed by atoms with van der Waals surface area (Å²) in [4.78, 5) is 30.1. The van der Waals surface area contributed by atoms with E-state index in [4.69, 9.17) is 20.4 Å². The van der Waals surface area contributed by atoms with Gasteiger partial charge in [0, 0.05) is 50.0 Å². The number of hydrogen-bond donors (Lipinski definition) is 3. The molecule has 0 radical (unpaired) electrons. The quantitative estimate of drug-likeness (QED) is 0.121. The minimum atomic E-state index is -0.439. The number of halogens is 2. The van der Waals surface area contributed by atoms with Gasteiger partial charge < -0.3 is 20.4 Å². The van der Waals surface area contributed by atoms with Crippen molar-refractivity contribution in [3.05, 3.63) is 161 Å². The number of hydrogen-bond acceptors (Lipinski definition) is 5. The molecule has 0 spiro atoms. The van der Waals surface area contributed by atoms with Crippen LogP contribution in [0, 0.1) is 11.6 Å². The number of benzene rings is 4. The Hall–Kier alpha value is -7.39. The first-order valence-electron chi connectivity index (χ1n) is 17.6. The summed E-state index contributed by atoms with van der Waals surface area (Å²) in [7, 11) is 1.35. The second-order valence-electron chi connectivity index (χ2n) is 13.2. The first kappa shape index (κ1) is 33.4. The lowest BCUT2D eigenvalue weighted by atomic mass is 10.0. The van der Waals surface area contributed by atoms with Crippen molar-refractivity contribution in [2.24, 2.45) is 0 Å². The van der Waals surface area contributed by atoms with Crippen LogP contribution in [0.5, 0.6) is 0 Å². The lowest BCUT2D eigenvalue weighted by molar-refractivity contribution is 0.0600. The van der Waals surface area contributed by atoms with Crippen LogP contribution in [0.25, 0.3) is 90.9 Å². The molecule has 0 fully saturated rings. The number of nitrogens with two attached hydrogens (primary N) is 1. The predicted molar refractivity (Wildman–Crippen MR) is 216 cm³/mol. The van der Waals surface area contributed by atoms with Gasteiger partial charge in [-0.3, -0.25) is 0 Å². The Morgan fingerprint density at radius 2 is 0.800 bits per heavy atom. The van der Waals surface area contributed by atoms with E-state index in [1.165, 1.54) is 31.4 Å². The molecule has 4 N–H and O–H groups in total. The molecule has 0 atom stereocenters. The number of anilines is 1. The Kier molecular flexibility index (Phi) is 8.24. The second kappa shape index (κ2) is 13.5. The van der Waals surface area contributed by atoms with Gasteiger partial charge in [0.15, 0.2) is 0 Å². The molecule has 0 unspecified atom stereocenters. The normalized spacial score (nSPS) is 11.9. The average molecular weight is 724 g/mol. The van der Waals surface area contributed by atoms with Gasteiger partial charge in [0.05, 0.1) is 35.4 Å². The van der Waals surface area contributed by atoms with Crippen LogP contribution in [0.2, 0.25) is 0 Å². The van der Waals surface area contributed by atoms with Crippen LogP contribution >= 0.6 is 0 Å². The molecule has 2 aliphatic rings. The van der Waals surface area contributed by atoms with Crippen molar-refractivity contribution >= 4 is 58.0 Å². The highest BCUT2D eigenvalue weighted by atomic mass is 19.1. The molecule has 0 saturated carbocycles. The number of H-pyrrole nitrogens is 2. The number of carbonyl (C=O) groups excluding carboxylic acids is 1. The van der Waals surface area contributed by atoms with E-state index >= 15 is 0 Å². The third-order valence-corrected chi connectivity index (χ3v) is 9.81. The smallest absolute Gasteiger partial charge is 0.337 e. The molecule has 4 aromatic carbocycles. The van der Waals surface area contributed by atoms with Crippen LogP contribution in [-0.4, -0.2) is 33.0 Å². The van der Waals surface area contributed by atoms with Gasteiger partial charge in [-0.25, -0.2) is 23.5 Å². The fraction of sp³-hybridized carbons (Fsp3) is 0.0217. The second-order valence-corrected chi connectivity index (χ2v) is 13.2. The van der Waals surface area contributed by atoms with E-state index in [2.05, 4.69) is 9.97 Å². The van der Waals surface area contributed by atoms with Crippen LogP contribution in [0.3, 0.4) is 0 Å². The SMILES string of the molecule is COC(=O)c1ccc(-c2c3nc(c(-c4ccc(F)cc4)c4ccc([nH]4)c(-c4ccc(N)cc4)c4nc(c(-c5ccc(F)cc5)c5ccc2[nH]5)C=C4)C=C3)cc1. The number of fused-ring (bicyclic) bond motifs is 8. The predicted octanol–water partition coefficient (Wildman–Crippen LogP) is 11.0. The number of methoxy groups -OCH3 is 1. The number of aromatic amines is 2. The molecule has 3 aromatic heterocycles. The van der Waals surface area contributed by atoms with Crippen LogP contribution in [0.15, 0.2) is 121 Å². The van der Waals surface area contributed by atoms with Gasteiger partial charge in [0.25, 0.3) is 0 Å². The third kappa shape index (κ3) is 6.17. The Bertz CT molecular complexity index is 2830. The summed E-state index contributed by atoms with van der Waals surface area (Å²) in [5.74, 6) is -1.13. The third-order valence-electron chi connectivity index (χ3n) is 9.81. The van der Waals surface area contributed by atoms with E-state index in [1.807, 2.05) is 85.0 Å². The summed E-state index contributed by atoms with van der Waals surface area (Å²) in [6, 6.07) is 35.5. The van der Waals surface area contributed by atoms with Crippen LogP contribution in [0.4, 0.5) is 14.5 Å². The van der Waals surface area contributed by atoms with Crippen molar-refractivity contribution in [3.8, 4) is 44.5 Å². The van der Waals surface area contributed by atoms with Gasteiger partial charge >= 0.3 is 5.97 Å². The van der Waals surface area contributed by atoms with Crippen LogP contribution in [0.1, 0.15) is 33.1 Å². The van der Waals surface area contributed by atoms with Crippen LogP contribution < -0.4 is 5.73 Å². The molecule has 266 valence electrons. The highest BCUT2D eigenvalue weighted by Crippen LogP contribution is 2.38. The van der Waals surface area contributed by atoms with Crippen molar-refractivity contribution in [2.45, 2.75) is 0 Å². The molecule has 0 amide bonds. The number of rotatable bonds is 5. The van der Waals surface area contributed by atoms with Gasteiger partial charge in [-0.05, 0) is 119 Å². The molecule has 2 aliphatic heterocycles. The van der Waals surface area contributed by atoms with Gasteiger partial charge in [-0.15, -0.1) is 0 Å². The number of esters is 1. The van der Waals surface area contributed by atoms with Crippen LogP contribution in [-0.2, 0) is 4.74 Å². The zero-order chi connectivity index (χ0) is 37.6. The highest BCUT2D eigenvalue weighted by molar-refractivity contribution is 6.00. The summed E-state index contributed by atoms with van der Waals surface area (Å²) in [6.45, 7) is 0. The monoisotopic (exact) mass is 723 g/mol. The topological polar surface area (TPSA) is 110 Å². The van der Waals surface area contributed by atoms with Crippen molar-refractivity contribution < 1.29 is 18.3 Å². The molecule has 9 rings (SSSR count). The van der Waals surface area contributed by atoms with E-state index in [9.17, 15) is 13.6 Å². The molecular weight excluding hydrogens is 693 g/mol. The molecule has 9 heteroatoms. The first-order valence-corrected chi connectivity index (χ1v) is 17.6. The molecule has 8 bridgehead atoms. The molecular formula is C46H31F2N5O2. The number of nitrogens with zero attached hydrogens (tertiary/aromatic N) is 2. The first-order chi connectivity index (χ1) is 26.8. The summed E-state index contributed by atoms with van der Waals surface area (Å²) < 4.78 is 33.5.